The maximum atomic E-state index is 12.8. The summed E-state index contributed by atoms with van der Waals surface area (Å²) in [6, 6.07) is 8.00. The van der Waals surface area contributed by atoms with Crippen molar-refractivity contribution in [3.8, 4) is 5.75 Å². The number of amides is 2. The van der Waals surface area contributed by atoms with Crippen molar-refractivity contribution in [2.75, 3.05) is 11.4 Å². The number of ketones is 1. The van der Waals surface area contributed by atoms with E-state index < -0.39 is 6.10 Å². The molecule has 0 radical (unpaired) electrons. The smallest absolute Gasteiger partial charge is 0.268 e. The molecule has 1 aliphatic heterocycles. The first-order valence-corrected chi connectivity index (χ1v) is 8.90. The van der Waals surface area contributed by atoms with Crippen molar-refractivity contribution < 1.29 is 23.5 Å². The Balaban J connectivity index is 1.96. The van der Waals surface area contributed by atoms with Gasteiger partial charge in [0.15, 0.2) is 11.9 Å². The van der Waals surface area contributed by atoms with E-state index in [9.17, 15) is 14.4 Å². The van der Waals surface area contributed by atoms with Gasteiger partial charge >= 0.3 is 0 Å². The molecule has 1 aromatic carbocycles. The van der Waals surface area contributed by atoms with E-state index in [4.69, 9.17) is 9.15 Å². The van der Waals surface area contributed by atoms with Crippen LogP contribution >= 0.6 is 0 Å². The van der Waals surface area contributed by atoms with Crippen LogP contribution in [-0.2, 0) is 9.59 Å². The number of hydrogen-bond acceptors (Lipinski definition) is 5. The lowest BCUT2D eigenvalue weighted by Crippen LogP contribution is -2.50. The van der Waals surface area contributed by atoms with Gasteiger partial charge in [-0.3, -0.25) is 19.3 Å². The highest BCUT2D eigenvalue weighted by Gasteiger charge is 2.35. The summed E-state index contributed by atoms with van der Waals surface area (Å²) in [7, 11) is 0. The van der Waals surface area contributed by atoms with Gasteiger partial charge in [-0.1, -0.05) is 6.92 Å². The second-order valence-corrected chi connectivity index (χ2v) is 6.65. The predicted molar refractivity (Wildman–Crippen MR) is 98.9 cm³/mol. The van der Waals surface area contributed by atoms with Crippen molar-refractivity contribution in [1.82, 2.24) is 5.32 Å². The highest BCUT2D eigenvalue weighted by atomic mass is 16.5. The molecule has 2 aromatic rings. The van der Waals surface area contributed by atoms with Crippen molar-refractivity contribution in [1.29, 1.82) is 0 Å². The van der Waals surface area contributed by atoms with E-state index in [-0.39, 0.29) is 35.9 Å². The van der Waals surface area contributed by atoms with Crippen molar-refractivity contribution in [3.05, 3.63) is 47.9 Å². The van der Waals surface area contributed by atoms with Crippen molar-refractivity contribution in [3.63, 3.8) is 0 Å². The Labute approximate surface area is 157 Å². The molecule has 142 valence electrons. The summed E-state index contributed by atoms with van der Waals surface area (Å²) in [5, 5.41) is 2.78. The average Bonchev–Trinajstić information content (AvgIpc) is 3.17. The lowest BCUT2D eigenvalue weighted by atomic mass is 10.0. The topological polar surface area (TPSA) is 88.8 Å². The maximum Gasteiger partial charge on any atom is 0.268 e. The minimum Gasteiger partial charge on any atom is -0.478 e. The zero-order chi connectivity index (χ0) is 19.6. The Hall–Kier alpha value is -3.09. The Morgan fingerprint density at radius 1 is 1.26 bits per heavy atom. The Morgan fingerprint density at radius 2 is 2.04 bits per heavy atom. The maximum absolute atomic E-state index is 12.8. The van der Waals surface area contributed by atoms with Gasteiger partial charge in [0.05, 0.1) is 12.0 Å². The van der Waals surface area contributed by atoms with Crippen LogP contribution in [0, 0.1) is 0 Å². The van der Waals surface area contributed by atoms with Gasteiger partial charge in [-0.2, -0.15) is 0 Å². The van der Waals surface area contributed by atoms with Crippen LogP contribution in [0.2, 0.25) is 0 Å². The van der Waals surface area contributed by atoms with Crippen LogP contribution in [0.15, 0.2) is 41.0 Å². The number of ether oxygens (including phenoxy) is 1. The number of anilines is 1. The van der Waals surface area contributed by atoms with E-state index in [0.717, 1.165) is 0 Å². The third-order valence-corrected chi connectivity index (χ3v) is 4.19. The fourth-order valence-electron chi connectivity index (χ4n) is 2.95. The van der Waals surface area contributed by atoms with Gasteiger partial charge in [0.2, 0.25) is 11.7 Å². The molecule has 7 heteroatoms. The average molecular weight is 370 g/mol. The molecule has 1 N–H and O–H groups in total. The summed E-state index contributed by atoms with van der Waals surface area (Å²) >= 11 is 0. The summed E-state index contributed by atoms with van der Waals surface area (Å²) < 4.78 is 10.9. The van der Waals surface area contributed by atoms with Gasteiger partial charge in [0.1, 0.15) is 12.3 Å². The first-order valence-electron chi connectivity index (χ1n) is 8.90. The Bertz CT molecular complexity index is 857. The number of hydrogen-bond donors (Lipinski definition) is 1. The van der Waals surface area contributed by atoms with Gasteiger partial charge in [-0.05, 0) is 50.6 Å². The lowest BCUT2D eigenvalue weighted by Gasteiger charge is -2.34. The van der Waals surface area contributed by atoms with E-state index in [2.05, 4.69) is 5.32 Å². The fourth-order valence-corrected chi connectivity index (χ4v) is 2.95. The second kappa shape index (κ2) is 7.65. The molecule has 0 unspecified atom stereocenters. The third kappa shape index (κ3) is 3.86. The van der Waals surface area contributed by atoms with E-state index in [1.807, 2.05) is 20.8 Å². The number of carbonyl (C=O) groups excluding carboxylic acids is 3. The van der Waals surface area contributed by atoms with Crippen molar-refractivity contribution in [2.24, 2.45) is 0 Å². The number of rotatable bonds is 6. The zero-order valence-corrected chi connectivity index (χ0v) is 15.5. The van der Waals surface area contributed by atoms with E-state index in [1.165, 1.54) is 11.2 Å². The van der Waals surface area contributed by atoms with Crippen LogP contribution < -0.4 is 15.0 Å². The number of fused-ring (bicyclic) bond motifs is 1. The number of carbonyl (C=O) groups is 3. The fraction of sp³-hybridized carbons (Fsp3) is 0.350. The van der Waals surface area contributed by atoms with Crippen LogP contribution in [0.25, 0.3) is 0 Å². The summed E-state index contributed by atoms with van der Waals surface area (Å²) in [6.45, 7) is 5.40. The number of nitrogens with zero attached hydrogens (tertiary/aromatic N) is 1. The molecule has 1 atom stereocenters. The molecule has 1 aromatic heterocycles. The number of benzene rings is 1. The molecule has 0 aliphatic carbocycles. The van der Waals surface area contributed by atoms with Crippen LogP contribution in [0.3, 0.4) is 0 Å². The molecular formula is C20H22N2O5. The summed E-state index contributed by atoms with van der Waals surface area (Å²) in [5.41, 5.74) is 0.755. The third-order valence-electron chi connectivity index (χ3n) is 4.19. The van der Waals surface area contributed by atoms with Crippen LogP contribution in [0.1, 0.15) is 43.3 Å². The van der Waals surface area contributed by atoms with Crippen LogP contribution in [0.5, 0.6) is 5.75 Å². The molecule has 2 heterocycles. The van der Waals surface area contributed by atoms with E-state index in [1.54, 1.807) is 30.3 Å². The Kier molecular flexibility index (Phi) is 5.30. The number of nitrogens with one attached hydrogen (secondary N) is 1. The molecule has 1 aliphatic rings. The SMILES string of the molecule is CC[C@@H]1Oc2ccc(C(=O)c3ccco3)cc2N(CC(=O)NC(C)C)C1=O. The minimum atomic E-state index is -0.657. The van der Waals surface area contributed by atoms with E-state index >= 15 is 0 Å². The molecule has 27 heavy (non-hydrogen) atoms. The molecule has 0 fully saturated rings. The standard InChI is InChI=1S/C20H22N2O5/c1-4-15-20(25)22(11-18(23)21-12(2)3)14-10-13(7-8-16(14)27-15)19(24)17-6-5-9-26-17/h5-10,12,15H,4,11H2,1-3H3,(H,21,23)/t15-/m0/s1. The molecular weight excluding hydrogens is 348 g/mol. The van der Waals surface area contributed by atoms with Crippen LogP contribution in [-0.4, -0.2) is 36.3 Å². The zero-order valence-electron chi connectivity index (χ0n) is 15.5. The first-order chi connectivity index (χ1) is 12.9. The summed E-state index contributed by atoms with van der Waals surface area (Å²) in [5.74, 6) is -0.210. The van der Waals surface area contributed by atoms with Crippen molar-refractivity contribution >= 4 is 23.3 Å². The summed E-state index contributed by atoms with van der Waals surface area (Å²) in [4.78, 5) is 38.9. The minimum absolute atomic E-state index is 0.0399. The second-order valence-electron chi connectivity index (χ2n) is 6.65. The van der Waals surface area contributed by atoms with Gasteiger partial charge in [0.25, 0.3) is 5.91 Å². The largest absolute Gasteiger partial charge is 0.478 e. The predicted octanol–water partition coefficient (Wildman–Crippen LogP) is 2.54. The molecule has 2 amide bonds. The monoisotopic (exact) mass is 370 g/mol. The number of furan rings is 1. The summed E-state index contributed by atoms with van der Waals surface area (Å²) in [6.07, 6.45) is 1.25. The quantitative estimate of drug-likeness (QED) is 0.790. The molecule has 7 nitrogen and oxygen atoms in total. The van der Waals surface area contributed by atoms with Crippen LogP contribution in [0.4, 0.5) is 5.69 Å². The van der Waals surface area contributed by atoms with Gasteiger partial charge in [-0.15, -0.1) is 0 Å². The molecule has 3 rings (SSSR count). The lowest BCUT2D eigenvalue weighted by molar-refractivity contribution is -0.129. The molecule has 0 saturated carbocycles. The normalized spacial score (nSPS) is 16.1. The highest BCUT2D eigenvalue weighted by Crippen LogP contribution is 2.36. The Morgan fingerprint density at radius 3 is 2.67 bits per heavy atom. The molecule has 0 bridgehead atoms. The molecule has 0 spiro atoms. The van der Waals surface area contributed by atoms with E-state index in [0.29, 0.717) is 23.4 Å². The van der Waals surface area contributed by atoms with Crippen molar-refractivity contribution in [2.45, 2.75) is 39.3 Å². The van der Waals surface area contributed by atoms with Gasteiger partial charge in [0, 0.05) is 11.6 Å². The highest BCUT2D eigenvalue weighted by molar-refractivity contribution is 6.10. The van der Waals surface area contributed by atoms with Gasteiger partial charge in [-0.25, -0.2) is 0 Å². The molecule has 0 saturated heterocycles. The van der Waals surface area contributed by atoms with Gasteiger partial charge < -0.3 is 14.5 Å². The first kappa shape index (κ1) is 18.7.